The number of nitrogens with zero attached hydrogens (tertiary/aromatic N) is 1. The zero-order valence-electron chi connectivity index (χ0n) is 11.4. The van der Waals surface area contributed by atoms with Gasteiger partial charge in [0.05, 0.1) is 5.84 Å². The van der Waals surface area contributed by atoms with Crippen LogP contribution in [-0.2, 0) is 0 Å². The van der Waals surface area contributed by atoms with Gasteiger partial charge in [0.1, 0.15) is 0 Å². The van der Waals surface area contributed by atoms with E-state index in [-0.39, 0.29) is 5.84 Å². The Kier molecular flexibility index (Phi) is 6.92. The maximum atomic E-state index is 7.34. The lowest BCUT2D eigenvalue weighted by atomic mass is 10.2. The van der Waals surface area contributed by atoms with Crippen LogP contribution in [-0.4, -0.2) is 18.9 Å². The summed E-state index contributed by atoms with van der Waals surface area (Å²) in [7, 11) is 0. The van der Waals surface area contributed by atoms with Crippen LogP contribution in [0.5, 0.6) is 0 Å². The number of amidine groups is 1. The fourth-order valence-electron chi connectivity index (χ4n) is 1.99. The molecule has 0 spiro atoms. The first-order valence-electron chi connectivity index (χ1n) is 6.87. The van der Waals surface area contributed by atoms with Gasteiger partial charge in [-0.3, -0.25) is 5.41 Å². The van der Waals surface area contributed by atoms with Gasteiger partial charge in [0, 0.05) is 25.2 Å². The van der Waals surface area contributed by atoms with E-state index < -0.39 is 0 Å². The van der Waals surface area contributed by atoms with E-state index in [9.17, 15) is 0 Å². The van der Waals surface area contributed by atoms with Gasteiger partial charge in [0.25, 0.3) is 0 Å². The third-order valence-electron chi connectivity index (χ3n) is 3.05. The molecule has 0 aliphatic carbocycles. The summed E-state index contributed by atoms with van der Waals surface area (Å²) in [5.74, 6) is 0.268. The van der Waals surface area contributed by atoms with Crippen molar-refractivity contribution >= 4 is 11.5 Å². The smallest absolute Gasteiger partial charge is 0.0923 e. The maximum absolute atomic E-state index is 7.34. The number of hydrogen-bond acceptors (Lipinski definition) is 2. The van der Waals surface area contributed by atoms with Crippen molar-refractivity contribution in [1.82, 2.24) is 0 Å². The second-order valence-electron chi connectivity index (χ2n) is 4.66. The lowest BCUT2D eigenvalue weighted by Gasteiger charge is -2.24. The number of benzene rings is 1. The molecule has 0 bridgehead atoms. The molecule has 1 rings (SSSR count). The highest BCUT2D eigenvalue weighted by molar-refractivity contribution is 5.77. The van der Waals surface area contributed by atoms with Crippen molar-refractivity contribution in [2.75, 3.05) is 18.0 Å². The van der Waals surface area contributed by atoms with Gasteiger partial charge < -0.3 is 10.6 Å². The summed E-state index contributed by atoms with van der Waals surface area (Å²) in [6.45, 7) is 4.12. The second-order valence-corrected chi connectivity index (χ2v) is 4.66. The van der Waals surface area contributed by atoms with Crippen molar-refractivity contribution in [2.45, 2.75) is 39.0 Å². The highest BCUT2D eigenvalue weighted by atomic mass is 15.1. The van der Waals surface area contributed by atoms with Crippen LogP contribution in [0.2, 0.25) is 0 Å². The number of nitrogens with two attached hydrogens (primary N) is 1. The Balaban J connectivity index is 2.49. The molecule has 0 fully saturated rings. The Morgan fingerprint density at radius 2 is 1.83 bits per heavy atom. The number of para-hydroxylation sites is 1. The molecule has 0 radical (unpaired) electrons. The molecular weight excluding hydrogens is 222 g/mol. The molecule has 0 unspecified atom stereocenters. The van der Waals surface area contributed by atoms with E-state index in [0.29, 0.717) is 6.42 Å². The van der Waals surface area contributed by atoms with Gasteiger partial charge in [-0.1, -0.05) is 44.4 Å². The van der Waals surface area contributed by atoms with Crippen LogP contribution in [0.3, 0.4) is 0 Å². The topological polar surface area (TPSA) is 53.1 Å². The van der Waals surface area contributed by atoms with Crippen molar-refractivity contribution < 1.29 is 0 Å². The van der Waals surface area contributed by atoms with Crippen molar-refractivity contribution in [3.05, 3.63) is 30.3 Å². The van der Waals surface area contributed by atoms with Gasteiger partial charge in [-0.05, 0) is 18.6 Å². The van der Waals surface area contributed by atoms with E-state index in [0.717, 1.165) is 13.1 Å². The summed E-state index contributed by atoms with van der Waals surface area (Å²) < 4.78 is 0. The maximum Gasteiger partial charge on any atom is 0.0923 e. The van der Waals surface area contributed by atoms with Crippen LogP contribution in [0.25, 0.3) is 0 Å². The lowest BCUT2D eigenvalue weighted by Crippen LogP contribution is -2.28. The minimum atomic E-state index is 0.268. The van der Waals surface area contributed by atoms with E-state index >= 15 is 0 Å². The summed E-state index contributed by atoms with van der Waals surface area (Å²) in [6, 6.07) is 10.4. The molecular formula is C15H25N3. The van der Waals surface area contributed by atoms with E-state index in [4.69, 9.17) is 11.1 Å². The van der Waals surface area contributed by atoms with Crippen LogP contribution in [0.4, 0.5) is 5.69 Å². The summed E-state index contributed by atoms with van der Waals surface area (Å²) in [4.78, 5) is 2.33. The van der Waals surface area contributed by atoms with Crippen molar-refractivity contribution in [1.29, 1.82) is 5.41 Å². The molecule has 18 heavy (non-hydrogen) atoms. The Hall–Kier alpha value is -1.51. The molecule has 0 aliphatic rings. The number of anilines is 1. The molecule has 0 aliphatic heterocycles. The molecule has 0 saturated carbocycles. The summed E-state index contributed by atoms with van der Waals surface area (Å²) in [5, 5.41) is 7.34. The van der Waals surface area contributed by atoms with E-state index in [1.54, 1.807) is 0 Å². The third-order valence-corrected chi connectivity index (χ3v) is 3.05. The zero-order valence-corrected chi connectivity index (χ0v) is 11.4. The molecule has 0 atom stereocenters. The van der Waals surface area contributed by atoms with Gasteiger partial charge >= 0.3 is 0 Å². The molecule has 3 N–H and O–H groups in total. The van der Waals surface area contributed by atoms with Gasteiger partial charge in [0.2, 0.25) is 0 Å². The molecule has 0 heterocycles. The normalized spacial score (nSPS) is 10.3. The van der Waals surface area contributed by atoms with E-state index in [2.05, 4.69) is 36.1 Å². The van der Waals surface area contributed by atoms with Gasteiger partial charge in [-0.2, -0.15) is 0 Å². The molecule has 1 aromatic carbocycles. The minimum Gasteiger partial charge on any atom is -0.388 e. The Labute approximate surface area is 111 Å². The van der Waals surface area contributed by atoms with Crippen LogP contribution in [0.1, 0.15) is 39.0 Å². The predicted molar refractivity (Wildman–Crippen MR) is 79.3 cm³/mol. The highest BCUT2D eigenvalue weighted by Gasteiger charge is 2.06. The van der Waals surface area contributed by atoms with Gasteiger partial charge in [-0.15, -0.1) is 0 Å². The van der Waals surface area contributed by atoms with Crippen LogP contribution >= 0.6 is 0 Å². The Morgan fingerprint density at radius 3 is 2.44 bits per heavy atom. The average Bonchev–Trinajstić information content (AvgIpc) is 2.38. The first-order valence-corrected chi connectivity index (χ1v) is 6.87. The Bertz CT molecular complexity index is 335. The quantitative estimate of drug-likeness (QED) is 0.399. The lowest BCUT2D eigenvalue weighted by molar-refractivity contribution is 0.645. The SMILES string of the molecule is CCCCCCN(CCC(=N)N)c1ccccc1. The van der Waals surface area contributed by atoms with Crippen molar-refractivity contribution in [2.24, 2.45) is 5.73 Å². The largest absolute Gasteiger partial charge is 0.388 e. The molecule has 100 valence electrons. The highest BCUT2D eigenvalue weighted by Crippen LogP contribution is 2.15. The van der Waals surface area contributed by atoms with Crippen LogP contribution in [0.15, 0.2) is 30.3 Å². The molecule has 3 nitrogen and oxygen atoms in total. The fraction of sp³-hybridized carbons (Fsp3) is 0.533. The summed E-state index contributed by atoms with van der Waals surface area (Å²) >= 11 is 0. The predicted octanol–water partition coefficient (Wildman–Crippen LogP) is 3.40. The Morgan fingerprint density at radius 1 is 1.11 bits per heavy atom. The zero-order chi connectivity index (χ0) is 13.2. The summed E-state index contributed by atoms with van der Waals surface area (Å²) in [5.41, 5.74) is 6.68. The molecule has 0 amide bonds. The minimum absolute atomic E-state index is 0.268. The van der Waals surface area contributed by atoms with E-state index in [1.165, 1.54) is 31.4 Å². The molecule has 0 saturated heterocycles. The van der Waals surface area contributed by atoms with Crippen molar-refractivity contribution in [3.8, 4) is 0 Å². The number of unbranched alkanes of at least 4 members (excludes halogenated alkanes) is 3. The fourth-order valence-corrected chi connectivity index (χ4v) is 1.99. The monoisotopic (exact) mass is 247 g/mol. The van der Waals surface area contributed by atoms with Gasteiger partial charge in [-0.25, -0.2) is 0 Å². The van der Waals surface area contributed by atoms with E-state index in [1.807, 2.05) is 6.07 Å². The second kappa shape index (κ2) is 8.56. The third kappa shape index (κ3) is 5.71. The average molecular weight is 247 g/mol. The summed E-state index contributed by atoms with van der Waals surface area (Å²) in [6.07, 6.45) is 5.69. The number of nitrogens with one attached hydrogen (secondary N) is 1. The number of hydrogen-bond donors (Lipinski definition) is 2. The van der Waals surface area contributed by atoms with Gasteiger partial charge in [0.15, 0.2) is 0 Å². The molecule has 1 aromatic rings. The standard InChI is InChI=1S/C15H25N3/c1-2-3-4-8-12-18(13-11-15(16)17)14-9-6-5-7-10-14/h5-7,9-10H,2-4,8,11-13H2,1H3,(H3,16,17). The first-order chi connectivity index (χ1) is 8.74. The number of rotatable bonds is 9. The van der Waals surface area contributed by atoms with Crippen LogP contribution < -0.4 is 10.6 Å². The molecule has 0 aromatic heterocycles. The van der Waals surface area contributed by atoms with Crippen molar-refractivity contribution in [3.63, 3.8) is 0 Å². The van der Waals surface area contributed by atoms with Crippen LogP contribution in [0, 0.1) is 5.41 Å². The first kappa shape index (κ1) is 14.6. The molecule has 3 heteroatoms.